The van der Waals surface area contributed by atoms with E-state index in [1.807, 2.05) is 54.6 Å². The average molecular weight is 849 g/mol. The number of rotatable bonds is 6. The number of fused-ring (bicyclic) bond motifs is 11. The van der Waals surface area contributed by atoms with Crippen LogP contribution in [0, 0.1) is 0 Å². The van der Waals surface area contributed by atoms with Crippen LogP contribution >= 0.6 is 11.3 Å². The van der Waals surface area contributed by atoms with Gasteiger partial charge in [0.25, 0.3) is 0 Å². The minimum atomic E-state index is -0.464. The lowest BCUT2D eigenvalue weighted by Crippen LogP contribution is -2.15. The van der Waals surface area contributed by atoms with E-state index in [1.54, 1.807) is 47.4 Å². The van der Waals surface area contributed by atoms with Gasteiger partial charge in [-0.2, -0.15) is 0 Å². The van der Waals surface area contributed by atoms with E-state index in [9.17, 15) is 8.22 Å². The highest BCUT2D eigenvalue weighted by atomic mass is 32.1. The van der Waals surface area contributed by atoms with Gasteiger partial charge in [-0.05, 0) is 110 Å². The maximum absolute atomic E-state index is 10.1. The van der Waals surface area contributed by atoms with Crippen LogP contribution in [0.1, 0.15) is 42.8 Å². The molecule has 1 aliphatic rings. The number of furan rings is 1. The fourth-order valence-electron chi connectivity index (χ4n) is 9.57. The molecule has 0 bridgehead atoms. The van der Waals surface area contributed by atoms with Crippen molar-refractivity contribution in [2.75, 3.05) is 4.90 Å². The lowest BCUT2D eigenvalue weighted by atomic mass is 9.81. The standard InChI is InChI=1S/C61H41NOS/c1-61(2)53-21-10-8-17-48(53)49-33-28-42(37-54(49)61)45-35-36-55-57(52-34-27-40-15-6-7-16-46(40)59(52)63-55)58(45)62(43-29-23-39(24-30-43)38-13-4-3-5-14-38)44-31-25-41(26-32-44)47-19-12-20-51-50-18-9-11-22-56(50)64-60(47)51/h3-37H,1-2H3/i6D,7D,9D,12D,15D,18D,22D,27D,29D,30D,31D,32D,36D. The predicted molar refractivity (Wildman–Crippen MR) is 273 cm³/mol. The van der Waals surface area contributed by atoms with E-state index < -0.39 is 5.41 Å². The second-order valence-electron chi connectivity index (χ2n) is 16.6. The fraction of sp³-hybridized carbons (Fsp3) is 0.0492. The number of hydrogen-bond donors (Lipinski definition) is 0. The Kier molecular flexibility index (Phi) is 5.76. The van der Waals surface area contributed by atoms with Crippen LogP contribution in [0.25, 0.3) is 97.4 Å². The SMILES string of the molecule is [2H]c1cc(-c2cc([2H])c(N(c3c([2H])cc(-c4ccccc4)cc3[2H])c3c(-c4ccc5c(c4)C(C)(C)c4ccccc4-5)cc([2H])c4oc5c6cc([2H])c([2H])c([2H])c6c([2H])cc5c34)c([2H])c2)c2sc3c([2H])cc([2H])c([2H])c3c2c1. The number of nitrogens with zero attached hydrogens (tertiary/aromatic N) is 1. The van der Waals surface area contributed by atoms with Gasteiger partial charge in [0, 0.05) is 53.3 Å². The Morgan fingerprint density at radius 2 is 1.23 bits per heavy atom. The number of hydrogen-bond acceptors (Lipinski definition) is 3. The van der Waals surface area contributed by atoms with Crippen molar-refractivity contribution in [3.63, 3.8) is 0 Å². The lowest BCUT2D eigenvalue weighted by molar-refractivity contribution is 0.660. The van der Waals surface area contributed by atoms with E-state index in [0.29, 0.717) is 53.4 Å². The molecule has 0 fully saturated rings. The highest BCUT2D eigenvalue weighted by Gasteiger charge is 2.36. The van der Waals surface area contributed by atoms with Crippen LogP contribution in [0.2, 0.25) is 0 Å². The Bertz CT molecular complexity index is 4560. The third-order valence-electron chi connectivity index (χ3n) is 12.7. The third kappa shape index (κ3) is 5.57. The lowest BCUT2D eigenvalue weighted by Gasteiger charge is -2.29. The van der Waals surface area contributed by atoms with Crippen LogP contribution in [0.15, 0.2) is 216 Å². The summed E-state index contributed by atoms with van der Waals surface area (Å²) < 4.78 is 128. The van der Waals surface area contributed by atoms with Crippen molar-refractivity contribution in [3.05, 3.63) is 223 Å². The molecule has 12 aromatic rings. The highest BCUT2D eigenvalue weighted by molar-refractivity contribution is 7.26. The molecule has 2 aromatic heterocycles. The summed E-state index contributed by atoms with van der Waals surface area (Å²) >= 11 is 1.24. The Morgan fingerprint density at radius 3 is 2.08 bits per heavy atom. The van der Waals surface area contributed by atoms with Crippen LogP contribution in [0.3, 0.4) is 0 Å². The molecule has 0 spiro atoms. The van der Waals surface area contributed by atoms with E-state index in [-0.39, 0.29) is 123 Å². The van der Waals surface area contributed by atoms with E-state index in [1.165, 1.54) is 29.5 Å². The van der Waals surface area contributed by atoms with Gasteiger partial charge in [0.05, 0.1) is 28.9 Å². The zero-order valence-electron chi connectivity index (χ0n) is 47.5. The molecule has 0 radical (unpaired) electrons. The molecular weight excluding hydrogens is 795 g/mol. The molecule has 0 atom stereocenters. The minimum absolute atomic E-state index is 0.00668. The molecule has 10 aromatic carbocycles. The first kappa shape index (κ1) is 26.0. The Labute approximate surface area is 394 Å². The van der Waals surface area contributed by atoms with Crippen LogP contribution in [0.5, 0.6) is 0 Å². The smallest absolute Gasteiger partial charge is 0.143 e. The van der Waals surface area contributed by atoms with Gasteiger partial charge in [-0.1, -0.05) is 171 Å². The Hall–Kier alpha value is -7.72. The molecule has 0 unspecified atom stereocenters. The van der Waals surface area contributed by atoms with Crippen molar-refractivity contribution in [3.8, 4) is 44.5 Å². The fourth-order valence-corrected chi connectivity index (χ4v) is 10.7. The molecule has 0 saturated carbocycles. The predicted octanol–water partition coefficient (Wildman–Crippen LogP) is 17.9. The summed E-state index contributed by atoms with van der Waals surface area (Å²) in [7, 11) is 0. The van der Waals surface area contributed by atoms with Crippen LogP contribution < -0.4 is 4.90 Å². The maximum atomic E-state index is 10.1. The molecule has 0 aliphatic heterocycles. The van der Waals surface area contributed by atoms with Gasteiger partial charge in [-0.15, -0.1) is 11.3 Å². The normalized spacial score (nSPS) is 15.8. The minimum Gasteiger partial charge on any atom is -0.455 e. The first-order valence-electron chi connectivity index (χ1n) is 27.5. The number of benzene rings is 10. The van der Waals surface area contributed by atoms with Gasteiger partial charge < -0.3 is 9.32 Å². The van der Waals surface area contributed by atoms with Gasteiger partial charge >= 0.3 is 0 Å². The Morgan fingerprint density at radius 1 is 0.484 bits per heavy atom. The second-order valence-corrected chi connectivity index (χ2v) is 17.6. The summed E-state index contributed by atoms with van der Waals surface area (Å²) in [5, 5.41) is 1.73. The van der Waals surface area contributed by atoms with E-state index in [2.05, 4.69) is 32.0 Å². The molecule has 1 aliphatic carbocycles. The monoisotopic (exact) mass is 848 g/mol. The molecular formula is C61H41NOS. The largest absolute Gasteiger partial charge is 0.455 e. The molecule has 0 saturated heterocycles. The van der Waals surface area contributed by atoms with Gasteiger partial charge in [-0.3, -0.25) is 0 Å². The van der Waals surface area contributed by atoms with Crippen molar-refractivity contribution in [2.24, 2.45) is 0 Å². The second kappa shape index (κ2) is 14.2. The van der Waals surface area contributed by atoms with Crippen molar-refractivity contribution in [2.45, 2.75) is 19.3 Å². The maximum Gasteiger partial charge on any atom is 0.143 e. The zero-order valence-corrected chi connectivity index (χ0v) is 35.3. The van der Waals surface area contributed by atoms with Crippen molar-refractivity contribution >= 4 is 81.3 Å². The van der Waals surface area contributed by atoms with Gasteiger partial charge in [-0.25, -0.2) is 0 Å². The zero-order chi connectivity index (χ0) is 53.8. The van der Waals surface area contributed by atoms with Crippen molar-refractivity contribution < 1.29 is 22.2 Å². The first-order chi connectivity index (χ1) is 36.8. The quantitative estimate of drug-likeness (QED) is 0.166. The Balaban J connectivity index is 1.16. The summed E-state index contributed by atoms with van der Waals surface area (Å²) in [5.41, 5.74) is 7.41. The summed E-state index contributed by atoms with van der Waals surface area (Å²) in [6.07, 6.45) is 0. The van der Waals surface area contributed by atoms with E-state index >= 15 is 0 Å². The van der Waals surface area contributed by atoms with Gasteiger partial charge in [0.2, 0.25) is 0 Å². The molecule has 13 rings (SSSR count). The number of anilines is 3. The summed E-state index contributed by atoms with van der Waals surface area (Å²) in [4.78, 5) is 1.56. The topological polar surface area (TPSA) is 16.4 Å². The summed E-state index contributed by atoms with van der Waals surface area (Å²) in [5.74, 6) is 0. The van der Waals surface area contributed by atoms with Crippen LogP contribution in [-0.2, 0) is 5.41 Å². The first-order valence-corrected chi connectivity index (χ1v) is 21.8. The van der Waals surface area contributed by atoms with Crippen LogP contribution in [0.4, 0.5) is 17.1 Å². The summed E-state index contributed by atoms with van der Waals surface area (Å²) in [6, 6.07) is 37.3. The van der Waals surface area contributed by atoms with Crippen molar-refractivity contribution in [1.82, 2.24) is 0 Å². The molecule has 0 N–H and O–H groups in total. The molecule has 0 amide bonds. The molecule has 2 nitrogen and oxygen atoms in total. The summed E-state index contributed by atoms with van der Waals surface area (Å²) in [6.45, 7) is 4.31. The van der Waals surface area contributed by atoms with Crippen molar-refractivity contribution in [1.29, 1.82) is 0 Å². The molecule has 3 heteroatoms. The highest BCUT2D eigenvalue weighted by Crippen LogP contribution is 2.53. The number of thiophene rings is 1. The molecule has 2 heterocycles. The van der Waals surface area contributed by atoms with E-state index in [4.69, 9.17) is 14.0 Å². The molecule has 64 heavy (non-hydrogen) atoms. The average Bonchev–Trinajstić information content (AvgIpc) is 4.30. The van der Waals surface area contributed by atoms with Crippen LogP contribution in [-0.4, -0.2) is 0 Å². The van der Waals surface area contributed by atoms with E-state index in [0.717, 1.165) is 27.8 Å². The third-order valence-corrected chi connectivity index (χ3v) is 13.9. The van der Waals surface area contributed by atoms with Gasteiger partial charge in [0.1, 0.15) is 11.2 Å². The molecule has 302 valence electrons. The van der Waals surface area contributed by atoms with Gasteiger partial charge in [0.15, 0.2) is 0 Å².